The lowest BCUT2D eigenvalue weighted by molar-refractivity contribution is -0.137. The second kappa shape index (κ2) is 11.7. The second-order valence-corrected chi connectivity index (χ2v) is 11.9. The summed E-state index contributed by atoms with van der Waals surface area (Å²) in [5.74, 6) is -2.88. The van der Waals surface area contributed by atoms with Crippen molar-refractivity contribution < 1.29 is 40.6 Å². The van der Waals surface area contributed by atoms with Crippen molar-refractivity contribution in [1.29, 1.82) is 0 Å². The molecule has 3 fully saturated rings. The summed E-state index contributed by atoms with van der Waals surface area (Å²) in [7, 11) is 3.20. The number of likely N-dealkylation sites (N-methyl/N-ethyl adjacent to an activating group) is 1. The first-order valence-electron chi connectivity index (χ1n) is 14.4. The number of morpholine rings is 1. The van der Waals surface area contributed by atoms with E-state index < -0.39 is 51.9 Å². The van der Waals surface area contributed by atoms with Crippen molar-refractivity contribution in [3.05, 3.63) is 34.9 Å². The van der Waals surface area contributed by atoms with E-state index in [1.54, 1.807) is 11.9 Å². The van der Waals surface area contributed by atoms with E-state index in [1.807, 2.05) is 4.90 Å². The van der Waals surface area contributed by atoms with Gasteiger partial charge in [-0.15, -0.1) is 0 Å². The summed E-state index contributed by atoms with van der Waals surface area (Å²) in [5, 5.41) is 3.23. The molecule has 0 radical (unpaired) electrons. The molecule has 6 rings (SSSR count). The molecular formula is C29H33F6N7O3. The van der Waals surface area contributed by atoms with E-state index in [1.165, 1.54) is 7.11 Å². The number of aryl methyl sites for hydroxylation is 1. The number of alkyl halides is 4. The zero-order valence-electron chi connectivity index (χ0n) is 24.8. The molecule has 5 heterocycles. The molecule has 244 valence electrons. The standard InChI is InChI=1S/C29H33F6N7O3/c1-14-4-20(36)38-25(22(14)29(33,34)35)21-19(31)5-18-24(23(21)32)39-27(45-13-28(12-43-3)6-15(30)9-41(28)2)40-26(18)42-16-7-37-8-17(42)11-44-10-16/h4-5,15-17,37H,6-13H2,1-3H3,(H2,36,38)/t15-,16?,17?,28-/m1/s1. The zero-order valence-corrected chi connectivity index (χ0v) is 24.8. The fourth-order valence-corrected chi connectivity index (χ4v) is 6.72. The zero-order chi connectivity index (χ0) is 32.3. The topological polar surface area (TPSA) is 111 Å². The predicted molar refractivity (Wildman–Crippen MR) is 153 cm³/mol. The molecule has 3 saturated heterocycles. The van der Waals surface area contributed by atoms with Crippen molar-refractivity contribution in [2.45, 2.75) is 43.3 Å². The Kier molecular flexibility index (Phi) is 8.20. The number of nitrogens with one attached hydrogen (secondary N) is 1. The van der Waals surface area contributed by atoms with Gasteiger partial charge in [0.1, 0.15) is 35.7 Å². The van der Waals surface area contributed by atoms with Gasteiger partial charge >= 0.3 is 12.2 Å². The Morgan fingerprint density at radius 3 is 2.44 bits per heavy atom. The van der Waals surface area contributed by atoms with Crippen molar-refractivity contribution in [3.63, 3.8) is 0 Å². The van der Waals surface area contributed by atoms with Crippen LogP contribution in [0.15, 0.2) is 12.1 Å². The van der Waals surface area contributed by atoms with Gasteiger partial charge in [0.05, 0.1) is 54.3 Å². The SMILES string of the molecule is COC[C@@]1(COc2nc(N3C4CNCC3COC4)c3cc(F)c(-c4nc(N)cc(C)c4C(F)(F)F)c(F)c3n2)C[C@@H](F)CN1C. The molecule has 16 heteroatoms. The number of anilines is 2. The summed E-state index contributed by atoms with van der Waals surface area (Å²) in [5.41, 5.74) is 0.697. The second-order valence-electron chi connectivity index (χ2n) is 11.9. The maximum absolute atomic E-state index is 16.5. The smallest absolute Gasteiger partial charge is 0.418 e. The van der Waals surface area contributed by atoms with Crippen LogP contribution in [0.1, 0.15) is 17.5 Å². The Labute approximate surface area is 254 Å². The first-order valence-corrected chi connectivity index (χ1v) is 14.4. The van der Waals surface area contributed by atoms with Gasteiger partial charge in [-0.25, -0.2) is 18.2 Å². The van der Waals surface area contributed by atoms with E-state index in [2.05, 4.69) is 20.3 Å². The highest BCUT2D eigenvalue weighted by Crippen LogP contribution is 2.43. The number of benzene rings is 1. The number of fused-ring (bicyclic) bond motifs is 3. The van der Waals surface area contributed by atoms with E-state index in [-0.39, 0.29) is 66.9 Å². The molecule has 3 aromatic rings. The van der Waals surface area contributed by atoms with Crippen LogP contribution in [0.25, 0.3) is 22.2 Å². The average Bonchev–Trinajstić information content (AvgIpc) is 3.22. The minimum Gasteiger partial charge on any atom is -0.461 e. The summed E-state index contributed by atoms with van der Waals surface area (Å²) in [6.07, 6.45) is -6.03. The number of halogens is 6. The summed E-state index contributed by atoms with van der Waals surface area (Å²) in [6.45, 7) is 2.84. The Morgan fingerprint density at radius 2 is 1.82 bits per heavy atom. The largest absolute Gasteiger partial charge is 0.461 e. The summed E-state index contributed by atoms with van der Waals surface area (Å²) in [6, 6.07) is 1.05. The number of likely N-dealkylation sites (tertiary alicyclic amines) is 1. The number of ether oxygens (including phenoxy) is 3. The minimum atomic E-state index is -4.99. The maximum atomic E-state index is 16.5. The first kappa shape index (κ1) is 31.5. The number of pyridine rings is 1. The molecular weight excluding hydrogens is 608 g/mol. The Hall–Kier alpha value is -3.47. The number of hydrogen-bond donors (Lipinski definition) is 2. The van der Waals surface area contributed by atoms with Crippen molar-refractivity contribution in [1.82, 2.24) is 25.2 Å². The Morgan fingerprint density at radius 1 is 1.11 bits per heavy atom. The summed E-state index contributed by atoms with van der Waals surface area (Å²) < 4.78 is 107. The summed E-state index contributed by atoms with van der Waals surface area (Å²) in [4.78, 5) is 16.2. The van der Waals surface area contributed by atoms with Gasteiger partial charge in [0.25, 0.3) is 0 Å². The normalized spacial score (nSPS) is 25.7. The van der Waals surface area contributed by atoms with Gasteiger partial charge in [-0.3, -0.25) is 4.90 Å². The van der Waals surface area contributed by atoms with Gasteiger partial charge in [-0.1, -0.05) is 0 Å². The van der Waals surface area contributed by atoms with Crippen molar-refractivity contribution >= 4 is 22.5 Å². The number of aromatic nitrogens is 3. The van der Waals surface area contributed by atoms with Crippen LogP contribution in [0.3, 0.4) is 0 Å². The lowest BCUT2D eigenvalue weighted by Gasteiger charge is -2.47. The molecule has 0 amide bonds. The molecule has 45 heavy (non-hydrogen) atoms. The molecule has 0 spiro atoms. The fourth-order valence-electron chi connectivity index (χ4n) is 6.72. The number of nitrogens with zero attached hydrogens (tertiary/aromatic N) is 5. The molecule has 3 N–H and O–H groups in total. The highest BCUT2D eigenvalue weighted by atomic mass is 19.4. The first-order chi connectivity index (χ1) is 21.3. The van der Waals surface area contributed by atoms with E-state index in [0.29, 0.717) is 26.3 Å². The van der Waals surface area contributed by atoms with Crippen LogP contribution in [0.5, 0.6) is 6.01 Å². The monoisotopic (exact) mass is 641 g/mol. The van der Waals surface area contributed by atoms with Crippen LogP contribution in [0, 0.1) is 18.6 Å². The molecule has 3 aliphatic rings. The number of methoxy groups -OCH3 is 1. The van der Waals surface area contributed by atoms with Gasteiger partial charge in [-0.2, -0.15) is 23.1 Å². The van der Waals surface area contributed by atoms with Crippen LogP contribution in [-0.2, 0) is 15.7 Å². The van der Waals surface area contributed by atoms with Crippen molar-refractivity contribution in [2.75, 3.05) is 70.9 Å². The Bertz CT molecular complexity index is 1590. The third-order valence-electron chi connectivity index (χ3n) is 8.78. The van der Waals surface area contributed by atoms with Crippen LogP contribution in [0.2, 0.25) is 0 Å². The quantitative estimate of drug-likeness (QED) is 0.372. The highest BCUT2D eigenvalue weighted by Gasteiger charge is 2.46. The number of nitrogens with two attached hydrogens (primary N) is 1. The van der Waals surface area contributed by atoms with Crippen LogP contribution in [-0.4, -0.2) is 104 Å². The number of piperazine rings is 1. The molecule has 0 saturated carbocycles. The third-order valence-corrected chi connectivity index (χ3v) is 8.78. The van der Waals surface area contributed by atoms with Gasteiger partial charge in [0.15, 0.2) is 5.82 Å². The molecule has 1 aromatic carbocycles. The minimum absolute atomic E-state index is 0.0671. The molecule has 3 aliphatic heterocycles. The van der Waals surface area contributed by atoms with E-state index in [4.69, 9.17) is 19.9 Å². The average molecular weight is 642 g/mol. The van der Waals surface area contributed by atoms with Crippen LogP contribution >= 0.6 is 0 Å². The van der Waals surface area contributed by atoms with E-state index in [0.717, 1.165) is 19.1 Å². The lowest BCUT2D eigenvalue weighted by atomic mass is 9.98. The number of rotatable bonds is 7. The van der Waals surface area contributed by atoms with Gasteiger partial charge in [0.2, 0.25) is 0 Å². The van der Waals surface area contributed by atoms with Gasteiger partial charge < -0.3 is 30.2 Å². The molecule has 2 unspecified atom stereocenters. The van der Waals surface area contributed by atoms with E-state index in [9.17, 15) is 17.6 Å². The Balaban J connectivity index is 1.54. The highest BCUT2D eigenvalue weighted by molar-refractivity contribution is 5.94. The predicted octanol–water partition coefficient (Wildman–Crippen LogP) is 3.49. The lowest BCUT2D eigenvalue weighted by Crippen LogP contribution is -2.64. The molecule has 10 nitrogen and oxygen atoms in total. The van der Waals surface area contributed by atoms with Crippen LogP contribution < -0.4 is 20.7 Å². The number of hydrogen-bond acceptors (Lipinski definition) is 10. The molecule has 2 bridgehead atoms. The third kappa shape index (κ3) is 5.61. The van der Waals surface area contributed by atoms with Crippen molar-refractivity contribution in [2.24, 2.45) is 0 Å². The fraction of sp³-hybridized carbons (Fsp3) is 0.552. The molecule has 2 aromatic heterocycles. The van der Waals surface area contributed by atoms with Gasteiger partial charge in [0, 0.05) is 38.6 Å². The van der Waals surface area contributed by atoms with Gasteiger partial charge in [-0.05, 0) is 31.7 Å². The van der Waals surface area contributed by atoms with Crippen molar-refractivity contribution in [3.8, 4) is 17.3 Å². The summed E-state index contributed by atoms with van der Waals surface area (Å²) >= 11 is 0. The number of nitrogen functional groups attached to an aromatic ring is 1. The molecule has 0 aliphatic carbocycles. The molecule has 4 atom stereocenters. The van der Waals surface area contributed by atoms with Crippen LogP contribution in [0.4, 0.5) is 38.0 Å². The van der Waals surface area contributed by atoms with E-state index >= 15 is 8.78 Å². The maximum Gasteiger partial charge on any atom is 0.418 e.